The highest BCUT2D eigenvalue weighted by molar-refractivity contribution is 6.31. The van der Waals surface area contributed by atoms with Crippen LogP contribution in [-0.4, -0.2) is 71.5 Å². The predicted octanol–water partition coefficient (Wildman–Crippen LogP) is 5.37. The third-order valence-corrected chi connectivity index (χ3v) is 8.12. The van der Waals surface area contributed by atoms with Gasteiger partial charge in [-0.25, -0.2) is 4.79 Å². The van der Waals surface area contributed by atoms with Gasteiger partial charge in [-0.15, -0.1) is 0 Å². The van der Waals surface area contributed by atoms with E-state index in [0.29, 0.717) is 12.3 Å². The number of ether oxygens (including phenoxy) is 1. The van der Waals surface area contributed by atoms with Crippen molar-refractivity contribution in [3.05, 3.63) is 28.8 Å². The molecule has 3 amide bonds. The summed E-state index contributed by atoms with van der Waals surface area (Å²) in [5.74, 6) is 1.48. The second kappa shape index (κ2) is 11.3. The molecule has 1 saturated carbocycles. The van der Waals surface area contributed by atoms with Gasteiger partial charge in [0.05, 0.1) is 12.1 Å². The number of benzene rings is 1. The molecule has 2 saturated heterocycles. The average molecular weight is 490 g/mol. The van der Waals surface area contributed by atoms with Crippen LogP contribution in [0, 0.1) is 5.92 Å². The highest BCUT2D eigenvalue weighted by atomic mass is 35.5. The topological polar surface area (TPSA) is 53.1 Å². The summed E-state index contributed by atoms with van der Waals surface area (Å²) in [5.41, 5.74) is 1.16. The zero-order valence-electron chi connectivity index (χ0n) is 21.0. The minimum absolute atomic E-state index is 0.0213. The molecule has 34 heavy (non-hydrogen) atoms. The third-order valence-electron chi connectivity index (χ3n) is 7.75. The smallest absolute Gasteiger partial charge is 0.327 e. The third kappa shape index (κ3) is 6.06. The molecule has 7 heteroatoms. The molecule has 0 spiro atoms. The number of likely N-dealkylation sites (N-methyl/N-ethyl adjacent to an activating group) is 1. The van der Waals surface area contributed by atoms with E-state index >= 15 is 0 Å². The van der Waals surface area contributed by atoms with Gasteiger partial charge in [0.25, 0.3) is 0 Å². The first-order valence-corrected chi connectivity index (χ1v) is 13.5. The Morgan fingerprint density at radius 3 is 2.44 bits per heavy atom. The molecule has 0 radical (unpaired) electrons. The number of hydrogen-bond donors (Lipinski definition) is 0. The normalized spacial score (nSPS) is 23.7. The quantitative estimate of drug-likeness (QED) is 0.517. The molecule has 1 aromatic rings. The van der Waals surface area contributed by atoms with Gasteiger partial charge in [-0.3, -0.25) is 9.69 Å². The Hall–Kier alpha value is -1.79. The molecule has 2 heterocycles. The monoisotopic (exact) mass is 489 g/mol. The number of hydrogen-bond acceptors (Lipinski definition) is 4. The van der Waals surface area contributed by atoms with Crippen LogP contribution < -0.4 is 4.74 Å². The van der Waals surface area contributed by atoms with Crippen LogP contribution in [0.15, 0.2) is 18.2 Å². The van der Waals surface area contributed by atoms with Gasteiger partial charge in [0.2, 0.25) is 5.91 Å². The van der Waals surface area contributed by atoms with Crippen molar-refractivity contribution in [1.82, 2.24) is 14.7 Å². The van der Waals surface area contributed by atoms with Crippen LogP contribution in [-0.2, 0) is 11.2 Å². The summed E-state index contributed by atoms with van der Waals surface area (Å²) in [7, 11) is 1.87. The van der Waals surface area contributed by atoms with Gasteiger partial charge in [-0.2, -0.15) is 0 Å². The number of carbonyl (C=O) groups excluding carboxylic acids is 2. The van der Waals surface area contributed by atoms with Crippen LogP contribution >= 0.6 is 11.6 Å². The Morgan fingerprint density at radius 2 is 1.76 bits per heavy atom. The number of halogens is 1. The molecule has 3 fully saturated rings. The lowest BCUT2D eigenvalue weighted by Gasteiger charge is -2.44. The highest BCUT2D eigenvalue weighted by Gasteiger charge is 2.41. The zero-order chi connectivity index (χ0) is 24.2. The van der Waals surface area contributed by atoms with E-state index in [9.17, 15) is 9.59 Å². The fourth-order valence-corrected chi connectivity index (χ4v) is 5.99. The molecule has 1 unspecified atom stereocenters. The number of urea groups is 1. The Labute approximate surface area is 209 Å². The molecule has 1 aromatic carbocycles. The van der Waals surface area contributed by atoms with Crippen LogP contribution in [0.1, 0.15) is 70.8 Å². The summed E-state index contributed by atoms with van der Waals surface area (Å²) in [4.78, 5) is 31.8. The molecule has 1 atom stereocenters. The minimum atomic E-state index is -0.0961. The van der Waals surface area contributed by atoms with E-state index in [1.165, 1.54) is 6.42 Å². The van der Waals surface area contributed by atoms with Gasteiger partial charge in [0.1, 0.15) is 5.75 Å². The molecule has 6 nitrogen and oxygen atoms in total. The van der Waals surface area contributed by atoms with Crippen molar-refractivity contribution in [3.63, 3.8) is 0 Å². The molecule has 4 rings (SSSR count). The van der Waals surface area contributed by atoms with Crippen molar-refractivity contribution in [2.45, 2.75) is 89.8 Å². The van der Waals surface area contributed by atoms with E-state index in [0.717, 1.165) is 80.9 Å². The summed E-state index contributed by atoms with van der Waals surface area (Å²) >= 11 is 6.48. The molecule has 0 aromatic heterocycles. The number of carbonyl (C=O) groups is 2. The van der Waals surface area contributed by atoms with Crippen molar-refractivity contribution in [1.29, 1.82) is 0 Å². The predicted molar refractivity (Wildman–Crippen MR) is 135 cm³/mol. The first-order chi connectivity index (χ1) is 16.3. The van der Waals surface area contributed by atoms with Gasteiger partial charge in [0.15, 0.2) is 0 Å². The van der Waals surface area contributed by atoms with Crippen molar-refractivity contribution in [2.75, 3.05) is 26.7 Å². The second-order valence-corrected chi connectivity index (χ2v) is 11.1. The second-order valence-electron chi connectivity index (χ2n) is 10.7. The lowest BCUT2D eigenvalue weighted by Crippen LogP contribution is -2.61. The lowest BCUT2D eigenvalue weighted by atomic mass is 9.89. The Balaban J connectivity index is 1.28. The molecule has 0 N–H and O–H groups in total. The van der Waals surface area contributed by atoms with Gasteiger partial charge in [0, 0.05) is 31.1 Å². The van der Waals surface area contributed by atoms with E-state index in [-0.39, 0.29) is 30.1 Å². The standard InChI is InChI=1S/C27H40ClN3O3/c1-19(2)34-24-9-10-25(28)21(16-24)15-20-11-13-30(14-12-20)18-23-17-26(32)31(27(33)29(23)3)22-7-5-4-6-8-22/h9-10,16,19-20,22-23H,4-8,11-15,17-18H2,1-3H3. The van der Waals surface area contributed by atoms with E-state index in [4.69, 9.17) is 16.3 Å². The molecular formula is C27H40ClN3O3. The van der Waals surface area contributed by atoms with Crippen molar-refractivity contribution in [3.8, 4) is 5.75 Å². The Kier molecular flexibility index (Phi) is 8.41. The SMILES string of the molecule is CC(C)Oc1ccc(Cl)c(CC2CCN(CC3CC(=O)N(C4CCCCC4)C(=O)N3C)CC2)c1. The van der Waals surface area contributed by atoms with Crippen molar-refractivity contribution >= 4 is 23.5 Å². The van der Waals surface area contributed by atoms with Crippen LogP contribution in [0.4, 0.5) is 4.79 Å². The number of rotatable bonds is 7. The van der Waals surface area contributed by atoms with Crippen LogP contribution in [0.2, 0.25) is 5.02 Å². The maximum atomic E-state index is 13.1. The van der Waals surface area contributed by atoms with Crippen molar-refractivity contribution < 1.29 is 14.3 Å². The fourth-order valence-electron chi connectivity index (χ4n) is 5.79. The van der Waals surface area contributed by atoms with Crippen LogP contribution in [0.5, 0.6) is 5.75 Å². The number of likely N-dealkylation sites (tertiary alicyclic amines) is 1. The lowest BCUT2D eigenvalue weighted by molar-refractivity contribution is -0.135. The molecule has 2 aliphatic heterocycles. The van der Waals surface area contributed by atoms with Crippen LogP contribution in [0.3, 0.4) is 0 Å². The van der Waals surface area contributed by atoms with Gasteiger partial charge in [-0.1, -0.05) is 30.9 Å². The van der Waals surface area contributed by atoms with E-state index in [2.05, 4.69) is 11.0 Å². The summed E-state index contributed by atoms with van der Waals surface area (Å²) in [6.45, 7) is 6.82. The van der Waals surface area contributed by atoms with E-state index in [1.54, 1.807) is 4.90 Å². The first kappa shape index (κ1) is 25.3. The summed E-state index contributed by atoms with van der Waals surface area (Å²) in [6, 6.07) is 5.93. The number of amides is 3. The molecular weight excluding hydrogens is 450 g/mol. The fraction of sp³-hybridized carbons (Fsp3) is 0.704. The highest BCUT2D eigenvalue weighted by Crippen LogP contribution is 2.31. The first-order valence-electron chi connectivity index (χ1n) is 13.1. The maximum absolute atomic E-state index is 13.1. The number of imide groups is 1. The van der Waals surface area contributed by atoms with Gasteiger partial charge >= 0.3 is 6.03 Å². The molecule has 0 bridgehead atoms. The number of piperidine rings is 1. The van der Waals surface area contributed by atoms with Gasteiger partial charge < -0.3 is 14.5 Å². The summed E-state index contributed by atoms with van der Waals surface area (Å²) < 4.78 is 5.84. The molecule has 188 valence electrons. The Morgan fingerprint density at radius 1 is 1.06 bits per heavy atom. The molecule has 3 aliphatic rings. The van der Waals surface area contributed by atoms with Crippen LogP contribution in [0.25, 0.3) is 0 Å². The molecule has 1 aliphatic carbocycles. The van der Waals surface area contributed by atoms with Crippen molar-refractivity contribution in [2.24, 2.45) is 5.92 Å². The van der Waals surface area contributed by atoms with E-state index in [1.807, 2.05) is 37.9 Å². The number of nitrogens with zero attached hydrogens (tertiary/aromatic N) is 3. The van der Waals surface area contributed by atoms with E-state index < -0.39 is 0 Å². The zero-order valence-corrected chi connectivity index (χ0v) is 21.7. The summed E-state index contributed by atoms with van der Waals surface area (Å²) in [5, 5.41) is 0.807. The minimum Gasteiger partial charge on any atom is -0.491 e. The Bertz CT molecular complexity index is 863. The average Bonchev–Trinajstić information content (AvgIpc) is 2.81. The largest absolute Gasteiger partial charge is 0.491 e. The summed E-state index contributed by atoms with van der Waals surface area (Å²) in [6.07, 6.45) is 9.09. The van der Waals surface area contributed by atoms with Gasteiger partial charge in [-0.05, 0) is 88.7 Å². The maximum Gasteiger partial charge on any atom is 0.327 e.